The summed E-state index contributed by atoms with van der Waals surface area (Å²) in [5.74, 6) is -0.485. The smallest absolute Gasteiger partial charge is 0.306 e. The molecule has 0 aromatic rings. The van der Waals surface area contributed by atoms with Crippen molar-refractivity contribution in [3.05, 3.63) is 24.3 Å². The Morgan fingerprint density at radius 2 is 0.769 bits per heavy atom. The van der Waals surface area contributed by atoms with Gasteiger partial charge in [-0.3, -0.25) is 9.59 Å². The van der Waals surface area contributed by atoms with Gasteiger partial charge in [0, 0.05) is 6.42 Å². The first-order chi connectivity index (χ1) is 32.0. The maximum atomic E-state index is 13.3. The van der Waals surface area contributed by atoms with Crippen LogP contribution in [0.5, 0.6) is 0 Å². The van der Waals surface area contributed by atoms with Crippen molar-refractivity contribution in [2.45, 2.75) is 334 Å². The molecule has 3 unspecified atom stereocenters. The quantitative estimate of drug-likeness (QED) is 0.0321. The van der Waals surface area contributed by atoms with Gasteiger partial charge in [-0.1, -0.05) is 276 Å². The van der Waals surface area contributed by atoms with Gasteiger partial charge in [0.25, 0.3) is 0 Å². The van der Waals surface area contributed by atoms with Gasteiger partial charge in [0.15, 0.2) is 0 Å². The van der Waals surface area contributed by atoms with E-state index in [1.165, 1.54) is 212 Å². The molecule has 0 saturated heterocycles. The van der Waals surface area contributed by atoms with Gasteiger partial charge in [-0.15, -0.1) is 0 Å². The summed E-state index contributed by atoms with van der Waals surface area (Å²) in [5, 5.41) is 23.9. The van der Waals surface area contributed by atoms with Crippen LogP contribution in [-0.4, -0.2) is 46.9 Å². The van der Waals surface area contributed by atoms with Crippen LogP contribution in [0.3, 0.4) is 0 Å². The molecule has 0 fully saturated rings. The number of hydrogen-bond donors (Lipinski definition) is 3. The fraction of sp³-hybridized carbons (Fsp3) is 0.898. The summed E-state index contributed by atoms with van der Waals surface area (Å²) in [6.45, 7) is 6.51. The van der Waals surface area contributed by atoms with Crippen molar-refractivity contribution >= 4 is 11.9 Å². The van der Waals surface area contributed by atoms with E-state index in [9.17, 15) is 19.8 Å². The molecule has 0 spiro atoms. The Kier molecular flexibility index (Phi) is 51.9. The number of nitrogens with one attached hydrogen (secondary N) is 1. The Balaban J connectivity index is 4.57. The standard InChI is InChI=1S/C59H113NO5/c1-4-7-10-13-16-19-22-25-28-30-32-35-38-41-44-47-50-55(65-59(64)52-49-46-43-40-37-34-31-29-26-23-20-17-14-11-8-5-2)53-58(63)60-56(54-61)57(62)51-48-45-42-39-36-33-27-24-21-18-15-12-9-6-3/h29,31,34,37,55-57,61-62H,4-28,30,32-33,35-36,38-54H2,1-3H3,(H,60,63)/b31-29+,37-34+. The summed E-state index contributed by atoms with van der Waals surface area (Å²) in [4.78, 5) is 26.3. The Bertz CT molecular complexity index is 1030. The molecule has 1 amide bonds. The normalized spacial score (nSPS) is 13.2. The van der Waals surface area contributed by atoms with Crippen LogP contribution in [0.4, 0.5) is 0 Å². The van der Waals surface area contributed by atoms with Gasteiger partial charge >= 0.3 is 5.97 Å². The van der Waals surface area contributed by atoms with Crippen molar-refractivity contribution in [2.75, 3.05) is 6.61 Å². The average Bonchev–Trinajstić information content (AvgIpc) is 3.30. The van der Waals surface area contributed by atoms with Crippen LogP contribution >= 0.6 is 0 Å². The minimum absolute atomic E-state index is 0.0732. The van der Waals surface area contributed by atoms with Crippen LogP contribution in [0.25, 0.3) is 0 Å². The number of esters is 1. The molecule has 0 aliphatic carbocycles. The van der Waals surface area contributed by atoms with Crippen molar-refractivity contribution < 1.29 is 24.5 Å². The lowest BCUT2D eigenvalue weighted by Crippen LogP contribution is -2.46. The van der Waals surface area contributed by atoms with E-state index in [0.717, 1.165) is 57.8 Å². The molecule has 0 aliphatic rings. The van der Waals surface area contributed by atoms with E-state index in [1.807, 2.05) is 0 Å². The molecule has 3 N–H and O–H groups in total. The second kappa shape index (κ2) is 53.3. The summed E-state index contributed by atoms with van der Waals surface area (Å²) in [7, 11) is 0. The van der Waals surface area contributed by atoms with Gasteiger partial charge in [-0.25, -0.2) is 0 Å². The zero-order chi connectivity index (χ0) is 47.4. The summed E-state index contributed by atoms with van der Waals surface area (Å²) in [5.41, 5.74) is 0. The summed E-state index contributed by atoms with van der Waals surface area (Å²) in [6, 6.07) is -0.703. The molecule has 0 aromatic heterocycles. The van der Waals surface area contributed by atoms with E-state index in [0.29, 0.717) is 19.3 Å². The summed E-state index contributed by atoms with van der Waals surface area (Å²) < 4.78 is 5.95. The maximum absolute atomic E-state index is 13.3. The fourth-order valence-corrected chi connectivity index (χ4v) is 9.13. The second-order valence-corrected chi connectivity index (χ2v) is 20.1. The van der Waals surface area contributed by atoms with E-state index >= 15 is 0 Å². The number of rotatable bonds is 53. The molecule has 0 saturated carbocycles. The van der Waals surface area contributed by atoms with Gasteiger partial charge < -0.3 is 20.3 Å². The van der Waals surface area contributed by atoms with E-state index < -0.39 is 18.2 Å². The van der Waals surface area contributed by atoms with Crippen molar-refractivity contribution in [1.29, 1.82) is 0 Å². The molecule has 0 aliphatic heterocycles. The van der Waals surface area contributed by atoms with Crippen molar-refractivity contribution in [1.82, 2.24) is 5.32 Å². The largest absolute Gasteiger partial charge is 0.462 e. The monoisotopic (exact) mass is 916 g/mol. The third kappa shape index (κ3) is 48.6. The Morgan fingerprint density at radius 3 is 1.14 bits per heavy atom. The highest BCUT2D eigenvalue weighted by molar-refractivity contribution is 5.77. The number of carbonyl (C=O) groups is 2. The zero-order valence-corrected chi connectivity index (χ0v) is 43.9. The second-order valence-electron chi connectivity index (χ2n) is 20.1. The minimum atomic E-state index is -0.789. The number of aliphatic hydroxyl groups is 2. The summed E-state index contributed by atoms with van der Waals surface area (Å²) in [6.07, 6.45) is 62.4. The van der Waals surface area contributed by atoms with Crippen molar-refractivity contribution in [2.24, 2.45) is 0 Å². The lowest BCUT2D eigenvalue weighted by atomic mass is 10.0. The first kappa shape index (κ1) is 63.3. The molecule has 0 aromatic carbocycles. The molecule has 6 nitrogen and oxygen atoms in total. The van der Waals surface area contributed by atoms with E-state index in [1.54, 1.807) is 0 Å². The topological polar surface area (TPSA) is 95.9 Å². The highest BCUT2D eigenvalue weighted by atomic mass is 16.5. The number of aliphatic hydroxyl groups excluding tert-OH is 2. The third-order valence-electron chi connectivity index (χ3n) is 13.6. The van der Waals surface area contributed by atoms with Gasteiger partial charge in [0.1, 0.15) is 6.10 Å². The average molecular weight is 917 g/mol. The summed E-state index contributed by atoms with van der Waals surface area (Å²) >= 11 is 0. The molecule has 0 radical (unpaired) electrons. The zero-order valence-electron chi connectivity index (χ0n) is 43.9. The molecule has 65 heavy (non-hydrogen) atoms. The third-order valence-corrected chi connectivity index (χ3v) is 13.6. The van der Waals surface area contributed by atoms with Gasteiger partial charge in [0.05, 0.1) is 25.2 Å². The Labute approximate surface area is 405 Å². The molecule has 0 bridgehead atoms. The molecule has 0 heterocycles. The molecule has 384 valence electrons. The number of unbranched alkanes of at least 4 members (excludes halogenated alkanes) is 38. The minimum Gasteiger partial charge on any atom is -0.462 e. The number of carbonyl (C=O) groups excluding carboxylic acids is 2. The molecule has 0 rings (SSSR count). The lowest BCUT2D eigenvalue weighted by Gasteiger charge is -2.24. The van der Waals surface area contributed by atoms with Crippen LogP contribution in [-0.2, 0) is 14.3 Å². The van der Waals surface area contributed by atoms with E-state index in [-0.39, 0.29) is 24.9 Å². The van der Waals surface area contributed by atoms with Gasteiger partial charge in [-0.05, 0) is 51.4 Å². The first-order valence-electron chi connectivity index (χ1n) is 29.1. The van der Waals surface area contributed by atoms with Crippen molar-refractivity contribution in [3.8, 4) is 0 Å². The van der Waals surface area contributed by atoms with Crippen LogP contribution < -0.4 is 5.32 Å². The van der Waals surface area contributed by atoms with Crippen LogP contribution in [0.15, 0.2) is 24.3 Å². The fourth-order valence-electron chi connectivity index (χ4n) is 9.13. The predicted molar refractivity (Wildman–Crippen MR) is 283 cm³/mol. The predicted octanol–water partition coefficient (Wildman–Crippen LogP) is 17.9. The highest BCUT2D eigenvalue weighted by Crippen LogP contribution is 2.19. The highest BCUT2D eigenvalue weighted by Gasteiger charge is 2.24. The molecular formula is C59H113NO5. The Hall–Kier alpha value is -1.66. The van der Waals surface area contributed by atoms with Crippen LogP contribution in [0.2, 0.25) is 0 Å². The molecular weight excluding hydrogens is 803 g/mol. The van der Waals surface area contributed by atoms with Crippen LogP contribution in [0, 0.1) is 0 Å². The number of amides is 1. The lowest BCUT2D eigenvalue weighted by molar-refractivity contribution is -0.151. The Morgan fingerprint density at radius 1 is 0.446 bits per heavy atom. The van der Waals surface area contributed by atoms with Gasteiger partial charge in [-0.2, -0.15) is 0 Å². The number of hydrogen-bond acceptors (Lipinski definition) is 5. The molecule has 6 heteroatoms. The maximum Gasteiger partial charge on any atom is 0.306 e. The van der Waals surface area contributed by atoms with E-state index in [2.05, 4.69) is 50.4 Å². The number of allylic oxidation sites excluding steroid dienone is 4. The SMILES string of the molecule is CCCCCCCCC/C=C/C=C/CCCCCC(=O)OC(CCCCCCCCCCCCCCCCCC)CC(=O)NC(CO)C(O)CCCCCCCCCCCCCCCC. The van der Waals surface area contributed by atoms with Gasteiger partial charge in [0.2, 0.25) is 5.91 Å². The van der Waals surface area contributed by atoms with Crippen molar-refractivity contribution in [3.63, 3.8) is 0 Å². The molecule has 3 atom stereocenters. The van der Waals surface area contributed by atoms with Crippen LogP contribution in [0.1, 0.15) is 316 Å². The number of ether oxygens (including phenoxy) is 1. The van der Waals surface area contributed by atoms with E-state index in [4.69, 9.17) is 4.74 Å². The first-order valence-corrected chi connectivity index (χ1v) is 29.1.